The van der Waals surface area contributed by atoms with Crippen LogP contribution < -0.4 is 15.4 Å². The molecule has 1 aromatic carbocycles. The number of rotatable bonds is 5. The fourth-order valence-electron chi connectivity index (χ4n) is 5.57. The van der Waals surface area contributed by atoms with Gasteiger partial charge in [-0.25, -0.2) is 13.2 Å². The van der Waals surface area contributed by atoms with Crippen LogP contribution in [0.25, 0.3) is 0 Å². The van der Waals surface area contributed by atoms with Crippen molar-refractivity contribution >= 4 is 39.4 Å². The summed E-state index contributed by atoms with van der Waals surface area (Å²) in [7, 11) is -3.84. The second kappa shape index (κ2) is 8.68. The fourth-order valence-corrected chi connectivity index (χ4v) is 6.71. The van der Waals surface area contributed by atoms with Gasteiger partial charge in [-0.1, -0.05) is 26.8 Å². The van der Waals surface area contributed by atoms with Crippen molar-refractivity contribution in [2.24, 2.45) is 16.3 Å². The summed E-state index contributed by atoms with van der Waals surface area (Å²) in [5, 5.41) is 5.44. The summed E-state index contributed by atoms with van der Waals surface area (Å²) in [5.41, 5.74) is -0.847. The standard InChI is InChI=1S/C23H31N5O5S/c1-15-11-22(2,3)14-23(12-15)20(30)28(21(31)26-23)13-19(29)25-16-6-4-7-17(10-16)34(32,33)27-18-8-5-9-24-18/h4,6-7,10,15H,5,8-9,11-14H2,1-3H3,(H,24,27)(H,25,29)(H,26,31)/t15-,23+/m1/s1. The summed E-state index contributed by atoms with van der Waals surface area (Å²) < 4.78 is 27.7. The van der Waals surface area contributed by atoms with Gasteiger partial charge in [0.25, 0.3) is 15.9 Å². The number of nitrogens with zero attached hydrogens (tertiary/aromatic N) is 2. The third-order valence-corrected chi connectivity index (χ3v) is 7.86. The van der Waals surface area contributed by atoms with Gasteiger partial charge in [-0.2, -0.15) is 0 Å². The summed E-state index contributed by atoms with van der Waals surface area (Å²) in [6.07, 6.45) is 3.38. The summed E-state index contributed by atoms with van der Waals surface area (Å²) in [6, 6.07) is 5.22. The van der Waals surface area contributed by atoms with Gasteiger partial charge in [0.2, 0.25) is 5.91 Å². The predicted molar refractivity (Wildman–Crippen MR) is 127 cm³/mol. The monoisotopic (exact) mass is 489 g/mol. The maximum absolute atomic E-state index is 13.2. The first-order valence-electron chi connectivity index (χ1n) is 11.5. The molecule has 10 nitrogen and oxygen atoms in total. The Hall–Kier alpha value is -2.95. The van der Waals surface area contributed by atoms with Crippen molar-refractivity contribution in [3.05, 3.63) is 24.3 Å². The summed E-state index contributed by atoms with van der Waals surface area (Å²) in [5.74, 6) is -0.297. The maximum atomic E-state index is 13.2. The molecule has 0 unspecified atom stereocenters. The Labute approximate surface area is 199 Å². The van der Waals surface area contributed by atoms with Crippen LogP contribution in [-0.4, -0.2) is 55.6 Å². The van der Waals surface area contributed by atoms with Crippen LogP contribution in [0.3, 0.4) is 0 Å². The molecule has 3 N–H and O–H groups in total. The molecule has 1 saturated carbocycles. The van der Waals surface area contributed by atoms with Crippen LogP contribution in [-0.2, 0) is 19.6 Å². The van der Waals surface area contributed by atoms with Crippen LogP contribution in [0.5, 0.6) is 0 Å². The number of imide groups is 1. The van der Waals surface area contributed by atoms with Gasteiger partial charge < -0.3 is 10.6 Å². The molecular formula is C23H31N5O5S. The average molecular weight is 490 g/mol. The van der Waals surface area contributed by atoms with Gasteiger partial charge in [-0.3, -0.25) is 24.2 Å². The molecule has 1 aliphatic carbocycles. The molecule has 1 aromatic rings. The van der Waals surface area contributed by atoms with E-state index in [-0.39, 0.29) is 27.8 Å². The zero-order valence-corrected chi connectivity index (χ0v) is 20.5. The quantitative estimate of drug-likeness (QED) is 0.545. The first-order chi connectivity index (χ1) is 15.9. The first-order valence-corrected chi connectivity index (χ1v) is 13.0. The molecule has 2 aliphatic heterocycles. The average Bonchev–Trinajstić information content (AvgIpc) is 3.28. The van der Waals surface area contributed by atoms with Crippen LogP contribution in [0.4, 0.5) is 10.5 Å². The van der Waals surface area contributed by atoms with Gasteiger partial charge in [0.1, 0.15) is 17.9 Å². The van der Waals surface area contributed by atoms with Crippen molar-refractivity contribution in [2.75, 3.05) is 18.4 Å². The van der Waals surface area contributed by atoms with E-state index in [1.54, 1.807) is 6.07 Å². The van der Waals surface area contributed by atoms with E-state index in [4.69, 9.17) is 0 Å². The van der Waals surface area contributed by atoms with E-state index in [9.17, 15) is 22.8 Å². The van der Waals surface area contributed by atoms with E-state index in [0.29, 0.717) is 31.6 Å². The van der Waals surface area contributed by atoms with E-state index >= 15 is 0 Å². The molecule has 34 heavy (non-hydrogen) atoms. The lowest BCUT2D eigenvalue weighted by Gasteiger charge is -2.43. The topological polar surface area (TPSA) is 137 Å². The number of urea groups is 1. The Bertz CT molecular complexity index is 1160. The van der Waals surface area contributed by atoms with Crippen LogP contribution in [0.2, 0.25) is 0 Å². The Morgan fingerprint density at radius 1 is 1.26 bits per heavy atom. The molecule has 1 saturated heterocycles. The lowest BCUT2D eigenvalue weighted by Crippen LogP contribution is -2.54. The highest BCUT2D eigenvalue weighted by Gasteiger charge is 2.56. The molecule has 3 aliphatic rings. The number of nitrogens with one attached hydrogen (secondary N) is 3. The number of amides is 4. The van der Waals surface area contributed by atoms with Gasteiger partial charge >= 0.3 is 6.03 Å². The number of benzene rings is 1. The number of anilines is 1. The normalized spacial score (nSPS) is 26.4. The fraction of sp³-hybridized carbons (Fsp3) is 0.565. The van der Waals surface area contributed by atoms with Crippen molar-refractivity contribution in [1.82, 2.24) is 14.9 Å². The van der Waals surface area contributed by atoms with Gasteiger partial charge in [-0.05, 0) is 55.2 Å². The minimum Gasteiger partial charge on any atom is -0.324 e. The Morgan fingerprint density at radius 2 is 2.03 bits per heavy atom. The van der Waals surface area contributed by atoms with E-state index in [2.05, 4.69) is 41.1 Å². The SMILES string of the molecule is C[C@@H]1CC(C)(C)C[C@]2(C1)NC(=O)N(CC(=O)Nc1cccc(S(=O)(=O)NC3=NCCC3)c1)C2=O. The summed E-state index contributed by atoms with van der Waals surface area (Å²) in [6.45, 7) is 6.36. The zero-order chi connectivity index (χ0) is 24.7. The molecule has 1 spiro atoms. The largest absolute Gasteiger partial charge is 0.325 e. The van der Waals surface area contributed by atoms with E-state index in [1.807, 2.05) is 0 Å². The molecule has 2 atom stereocenters. The molecule has 0 aromatic heterocycles. The minimum absolute atomic E-state index is 0.0210. The van der Waals surface area contributed by atoms with Gasteiger partial charge in [0, 0.05) is 18.7 Å². The van der Waals surface area contributed by atoms with Gasteiger partial charge in [0.05, 0.1) is 4.90 Å². The summed E-state index contributed by atoms with van der Waals surface area (Å²) in [4.78, 5) is 43.6. The van der Waals surface area contributed by atoms with E-state index < -0.39 is 34.0 Å². The molecule has 4 amide bonds. The van der Waals surface area contributed by atoms with Crippen LogP contribution in [0, 0.1) is 11.3 Å². The molecule has 0 bridgehead atoms. The Balaban J connectivity index is 1.43. The zero-order valence-electron chi connectivity index (χ0n) is 19.7. The van der Waals surface area contributed by atoms with Crippen LogP contribution in [0.1, 0.15) is 52.9 Å². The first kappa shape index (κ1) is 24.2. The molecular weight excluding hydrogens is 458 g/mol. The van der Waals surface area contributed by atoms with Gasteiger partial charge in [0.15, 0.2) is 0 Å². The molecule has 0 radical (unpaired) electrons. The van der Waals surface area contributed by atoms with Crippen LogP contribution in [0.15, 0.2) is 34.2 Å². The van der Waals surface area contributed by atoms with Crippen molar-refractivity contribution in [2.45, 2.75) is 63.3 Å². The highest BCUT2D eigenvalue weighted by molar-refractivity contribution is 7.90. The molecule has 4 rings (SSSR count). The maximum Gasteiger partial charge on any atom is 0.325 e. The number of amidine groups is 1. The Morgan fingerprint density at radius 3 is 2.71 bits per heavy atom. The second-order valence-electron chi connectivity index (χ2n) is 10.4. The summed E-state index contributed by atoms with van der Waals surface area (Å²) >= 11 is 0. The molecule has 184 valence electrons. The van der Waals surface area contributed by atoms with Crippen molar-refractivity contribution in [3.63, 3.8) is 0 Å². The smallest absolute Gasteiger partial charge is 0.324 e. The van der Waals surface area contributed by atoms with Gasteiger partial charge in [-0.15, -0.1) is 0 Å². The third-order valence-electron chi connectivity index (χ3n) is 6.48. The molecule has 2 fully saturated rings. The van der Waals surface area contributed by atoms with E-state index in [0.717, 1.165) is 17.7 Å². The Kier molecular flexibility index (Phi) is 6.17. The third kappa shape index (κ3) is 4.94. The molecule has 11 heteroatoms. The highest BCUT2D eigenvalue weighted by atomic mass is 32.2. The van der Waals surface area contributed by atoms with Crippen molar-refractivity contribution in [1.29, 1.82) is 0 Å². The predicted octanol–water partition coefficient (Wildman–Crippen LogP) is 2.23. The number of carbonyl (C=O) groups excluding carboxylic acids is 3. The minimum atomic E-state index is -3.84. The molecule has 2 heterocycles. The second-order valence-corrected chi connectivity index (χ2v) is 12.1. The number of carbonyl (C=O) groups is 3. The number of sulfonamides is 1. The number of aliphatic imine (C=N–C) groups is 1. The number of hydrogen-bond acceptors (Lipinski definition) is 6. The number of hydrogen-bond donors (Lipinski definition) is 3. The van der Waals surface area contributed by atoms with Crippen molar-refractivity contribution in [3.8, 4) is 0 Å². The highest BCUT2D eigenvalue weighted by Crippen LogP contribution is 2.46. The lowest BCUT2D eigenvalue weighted by molar-refractivity contribution is -0.136. The van der Waals surface area contributed by atoms with Crippen molar-refractivity contribution < 1.29 is 22.8 Å². The van der Waals surface area contributed by atoms with E-state index in [1.165, 1.54) is 18.2 Å². The lowest BCUT2D eigenvalue weighted by atomic mass is 9.64. The van der Waals surface area contributed by atoms with Crippen LogP contribution >= 0.6 is 0 Å².